The van der Waals surface area contributed by atoms with Crippen LogP contribution in [0.3, 0.4) is 0 Å². The normalized spacial score (nSPS) is 15.3. The van der Waals surface area contributed by atoms with Gasteiger partial charge in [-0.25, -0.2) is 4.39 Å². The molecule has 0 radical (unpaired) electrons. The van der Waals surface area contributed by atoms with Gasteiger partial charge in [-0.1, -0.05) is 24.3 Å². The molecule has 1 heterocycles. The van der Waals surface area contributed by atoms with E-state index in [1.807, 2.05) is 53.1 Å². The number of nitrogens with zero attached hydrogens (tertiary/aromatic N) is 3. The number of halogens is 1. The number of carbonyl (C=O) groups is 1. The van der Waals surface area contributed by atoms with Crippen molar-refractivity contribution < 1.29 is 13.9 Å². The lowest BCUT2D eigenvalue weighted by molar-refractivity contribution is -0.117. The van der Waals surface area contributed by atoms with Gasteiger partial charge in [0.1, 0.15) is 23.2 Å². The average molecular weight is 408 g/mol. The van der Waals surface area contributed by atoms with Crippen LogP contribution in [0.15, 0.2) is 60.3 Å². The number of ether oxygens (including phenoxy) is 1. The Labute approximate surface area is 176 Å². The number of anilines is 1. The van der Waals surface area contributed by atoms with Gasteiger partial charge in [-0.15, -0.1) is 0 Å². The van der Waals surface area contributed by atoms with Gasteiger partial charge >= 0.3 is 0 Å². The zero-order valence-electron chi connectivity index (χ0n) is 17.1. The number of amides is 1. The number of rotatable bonds is 6. The zero-order chi connectivity index (χ0) is 21.5. The first-order valence-corrected chi connectivity index (χ1v) is 9.82. The summed E-state index contributed by atoms with van der Waals surface area (Å²) >= 11 is 0. The van der Waals surface area contributed by atoms with Crippen molar-refractivity contribution in [3.8, 4) is 11.8 Å². The minimum Gasteiger partial charge on any atom is -0.497 e. The van der Waals surface area contributed by atoms with E-state index in [2.05, 4.69) is 5.32 Å². The Hall–Kier alpha value is -3.53. The molecule has 0 saturated carbocycles. The summed E-state index contributed by atoms with van der Waals surface area (Å²) in [7, 11) is 1.60. The fourth-order valence-corrected chi connectivity index (χ4v) is 3.37. The molecule has 0 aliphatic carbocycles. The molecule has 0 aromatic heterocycles. The van der Waals surface area contributed by atoms with Gasteiger partial charge in [0, 0.05) is 32.4 Å². The Balaban J connectivity index is 1.59. The van der Waals surface area contributed by atoms with Crippen LogP contribution in [-0.4, -0.2) is 44.1 Å². The minimum absolute atomic E-state index is 0.0507. The van der Waals surface area contributed by atoms with E-state index >= 15 is 0 Å². The van der Waals surface area contributed by atoms with E-state index in [-0.39, 0.29) is 17.4 Å². The first-order valence-electron chi connectivity index (χ1n) is 9.82. The van der Waals surface area contributed by atoms with Crippen molar-refractivity contribution >= 4 is 11.6 Å². The molecule has 1 N–H and O–H groups in total. The van der Waals surface area contributed by atoms with Gasteiger partial charge in [-0.3, -0.25) is 4.79 Å². The van der Waals surface area contributed by atoms with E-state index < -0.39 is 5.91 Å². The summed E-state index contributed by atoms with van der Waals surface area (Å²) in [6, 6.07) is 15.8. The molecule has 156 valence electrons. The smallest absolute Gasteiger partial charge is 0.263 e. The van der Waals surface area contributed by atoms with Crippen molar-refractivity contribution in [3.63, 3.8) is 0 Å². The molecule has 2 aromatic carbocycles. The third-order valence-electron chi connectivity index (χ3n) is 5.15. The topological polar surface area (TPSA) is 68.6 Å². The highest BCUT2D eigenvalue weighted by Gasteiger charge is 2.20. The first kappa shape index (κ1) is 21.2. The molecule has 30 heavy (non-hydrogen) atoms. The molecule has 1 amide bonds. The second-order valence-corrected chi connectivity index (χ2v) is 7.10. The predicted octanol–water partition coefficient (Wildman–Crippen LogP) is 3.24. The van der Waals surface area contributed by atoms with Crippen LogP contribution in [0.5, 0.6) is 5.75 Å². The van der Waals surface area contributed by atoms with E-state index in [1.165, 1.54) is 6.07 Å². The first-order chi connectivity index (χ1) is 14.5. The van der Waals surface area contributed by atoms with Crippen LogP contribution in [0, 0.1) is 17.1 Å². The summed E-state index contributed by atoms with van der Waals surface area (Å²) in [5, 5.41) is 12.3. The average Bonchev–Trinajstić information content (AvgIpc) is 2.78. The molecule has 1 atom stereocenters. The van der Waals surface area contributed by atoms with Crippen LogP contribution in [0.25, 0.3) is 0 Å². The fraction of sp³-hybridized carbons (Fsp3) is 0.304. The maximum Gasteiger partial charge on any atom is 0.263 e. The van der Waals surface area contributed by atoms with Crippen LogP contribution < -0.4 is 15.0 Å². The molecule has 3 rings (SSSR count). The van der Waals surface area contributed by atoms with Crippen LogP contribution >= 0.6 is 0 Å². The molecule has 0 bridgehead atoms. The summed E-state index contributed by atoms with van der Waals surface area (Å²) in [6.07, 6.45) is 1.59. The molecule has 2 aromatic rings. The van der Waals surface area contributed by atoms with Crippen LogP contribution in [0.2, 0.25) is 0 Å². The molecule has 1 aliphatic heterocycles. The number of hydrogen-bond donors (Lipinski definition) is 1. The highest BCUT2D eigenvalue weighted by molar-refractivity contribution is 5.97. The van der Waals surface area contributed by atoms with Crippen molar-refractivity contribution in [2.24, 2.45) is 0 Å². The molecule has 1 fully saturated rings. The van der Waals surface area contributed by atoms with Gasteiger partial charge in [0.25, 0.3) is 5.91 Å². The Morgan fingerprint density at radius 2 is 1.83 bits per heavy atom. The van der Waals surface area contributed by atoms with Gasteiger partial charge < -0.3 is 19.9 Å². The summed E-state index contributed by atoms with van der Waals surface area (Å²) in [5.41, 5.74) is 1.54. The number of hydrogen-bond acceptors (Lipinski definition) is 5. The predicted molar refractivity (Wildman–Crippen MR) is 113 cm³/mol. The molecule has 0 spiro atoms. The van der Waals surface area contributed by atoms with Gasteiger partial charge in [-0.2, -0.15) is 5.26 Å². The van der Waals surface area contributed by atoms with Gasteiger partial charge in [0.2, 0.25) is 0 Å². The number of benzene rings is 2. The second-order valence-electron chi connectivity index (χ2n) is 7.10. The summed E-state index contributed by atoms with van der Waals surface area (Å²) in [5.74, 6) is 0.0767. The van der Waals surface area contributed by atoms with Crippen LogP contribution in [0.4, 0.5) is 10.1 Å². The molecule has 7 heteroatoms. The molecule has 1 saturated heterocycles. The number of methoxy groups -OCH3 is 1. The van der Waals surface area contributed by atoms with Crippen LogP contribution in [0.1, 0.15) is 18.5 Å². The van der Waals surface area contributed by atoms with Gasteiger partial charge in [0.15, 0.2) is 0 Å². The standard InChI is InChI=1S/C23H25FN4O2/c1-17(18-7-9-20(30-2)10-8-18)26-23(29)19(15-25)16-27-11-13-28(14-12-27)22-6-4-3-5-21(22)24/h3-10,16-17H,11-14H2,1-2H3,(H,26,29)/b19-16-. The third-order valence-corrected chi connectivity index (χ3v) is 5.15. The number of carbonyl (C=O) groups excluding carboxylic acids is 1. The third kappa shape index (κ3) is 5.09. The maximum atomic E-state index is 14.0. The van der Waals surface area contributed by atoms with Gasteiger partial charge in [-0.05, 0) is 36.8 Å². The molecular formula is C23H25FN4O2. The zero-order valence-corrected chi connectivity index (χ0v) is 17.1. The van der Waals surface area contributed by atoms with E-state index in [0.717, 1.165) is 11.3 Å². The Kier molecular flexibility index (Phi) is 6.91. The van der Waals surface area contributed by atoms with Crippen molar-refractivity contribution in [1.82, 2.24) is 10.2 Å². The Morgan fingerprint density at radius 3 is 2.43 bits per heavy atom. The van der Waals surface area contributed by atoms with Gasteiger partial charge in [0.05, 0.1) is 18.8 Å². The van der Waals surface area contributed by atoms with Crippen molar-refractivity contribution in [3.05, 3.63) is 71.7 Å². The van der Waals surface area contributed by atoms with E-state index in [9.17, 15) is 14.4 Å². The van der Waals surface area contributed by atoms with E-state index in [0.29, 0.717) is 31.9 Å². The Morgan fingerprint density at radius 1 is 1.17 bits per heavy atom. The van der Waals surface area contributed by atoms with E-state index in [4.69, 9.17) is 4.74 Å². The number of piperazine rings is 1. The fourth-order valence-electron chi connectivity index (χ4n) is 3.37. The summed E-state index contributed by atoms with van der Waals surface area (Å²) in [6.45, 7) is 4.28. The minimum atomic E-state index is -0.419. The van der Waals surface area contributed by atoms with Crippen molar-refractivity contribution in [2.75, 3.05) is 38.2 Å². The molecular weight excluding hydrogens is 383 g/mol. The summed E-state index contributed by atoms with van der Waals surface area (Å²) < 4.78 is 19.1. The van der Waals surface area contributed by atoms with E-state index in [1.54, 1.807) is 25.4 Å². The number of para-hydroxylation sites is 1. The highest BCUT2D eigenvalue weighted by Crippen LogP contribution is 2.21. The van der Waals surface area contributed by atoms with Crippen LogP contribution in [-0.2, 0) is 4.79 Å². The lowest BCUT2D eigenvalue weighted by atomic mass is 10.1. The lowest BCUT2D eigenvalue weighted by Gasteiger charge is -2.35. The Bertz CT molecular complexity index is 944. The number of nitrogens with one attached hydrogen (secondary N) is 1. The second kappa shape index (κ2) is 9.79. The lowest BCUT2D eigenvalue weighted by Crippen LogP contribution is -2.44. The molecule has 6 nitrogen and oxygen atoms in total. The highest BCUT2D eigenvalue weighted by atomic mass is 19.1. The molecule has 1 unspecified atom stereocenters. The quantitative estimate of drug-likeness (QED) is 0.587. The summed E-state index contributed by atoms with van der Waals surface area (Å²) in [4.78, 5) is 16.5. The SMILES string of the molecule is COc1ccc(C(C)NC(=O)/C(C#N)=C\N2CCN(c3ccccc3F)CC2)cc1. The number of nitriles is 1. The molecule has 1 aliphatic rings. The van der Waals surface area contributed by atoms with Crippen molar-refractivity contribution in [2.45, 2.75) is 13.0 Å². The largest absolute Gasteiger partial charge is 0.497 e. The van der Waals surface area contributed by atoms with Crippen molar-refractivity contribution in [1.29, 1.82) is 5.26 Å². The monoisotopic (exact) mass is 408 g/mol. The maximum absolute atomic E-state index is 14.0.